The standard InChI is InChI=1S/C22H29N5O4/c1-15(7-5-10-22(2,3)29)25-20(28)16-13-24-27(18(16)14-30-4)21-23-11-9-17(26-21)19-8-6-12-31-19/h6,8-9,11-13,15,29H,5,7,10,14H2,1-4H3,(H,25,28)/t15-/m0/s1. The normalized spacial score (nSPS) is 12.7. The fourth-order valence-corrected chi connectivity index (χ4v) is 3.24. The molecule has 31 heavy (non-hydrogen) atoms. The first-order valence-corrected chi connectivity index (χ1v) is 10.2. The average molecular weight is 428 g/mol. The van der Waals surface area contributed by atoms with Gasteiger partial charge in [0.05, 0.1) is 35.9 Å². The molecule has 0 aliphatic heterocycles. The summed E-state index contributed by atoms with van der Waals surface area (Å²) in [6, 6.07) is 5.29. The predicted molar refractivity (Wildman–Crippen MR) is 115 cm³/mol. The van der Waals surface area contributed by atoms with E-state index in [9.17, 15) is 9.90 Å². The van der Waals surface area contributed by atoms with Crippen LogP contribution in [0, 0.1) is 0 Å². The number of methoxy groups -OCH3 is 1. The van der Waals surface area contributed by atoms with Crippen molar-refractivity contribution in [1.82, 2.24) is 25.1 Å². The van der Waals surface area contributed by atoms with Crippen molar-refractivity contribution < 1.29 is 19.1 Å². The highest BCUT2D eigenvalue weighted by Crippen LogP contribution is 2.20. The molecular formula is C22H29N5O4. The van der Waals surface area contributed by atoms with Gasteiger partial charge in [-0.25, -0.2) is 9.97 Å². The maximum Gasteiger partial charge on any atom is 0.255 e. The molecule has 3 aromatic rings. The number of furan rings is 1. The van der Waals surface area contributed by atoms with Crippen LogP contribution >= 0.6 is 0 Å². The number of rotatable bonds is 10. The molecule has 0 radical (unpaired) electrons. The summed E-state index contributed by atoms with van der Waals surface area (Å²) in [6.45, 7) is 5.68. The van der Waals surface area contributed by atoms with E-state index in [0.29, 0.717) is 35.1 Å². The van der Waals surface area contributed by atoms with E-state index in [-0.39, 0.29) is 18.6 Å². The molecule has 3 heterocycles. The summed E-state index contributed by atoms with van der Waals surface area (Å²) in [7, 11) is 1.55. The van der Waals surface area contributed by atoms with Gasteiger partial charge in [-0.15, -0.1) is 0 Å². The van der Waals surface area contributed by atoms with E-state index in [4.69, 9.17) is 9.15 Å². The molecule has 3 rings (SSSR count). The van der Waals surface area contributed by atoms with Crippen LogP contribution in [0.25, 0.3) is 17.4 Å². The number of nitrogens with one attached hydrogen (secondary N) is 1. The third kappa shape index (κ3) is 5.99. The Bertz CT molecular complexity index is 992. The molecule has 9 heteroatoms. The number of carbonyl (C=O) groups is 1. The lowest BCUT2D eigenvalue weighted by molar-refractivity contribution is 0.0674. The topological polar surface area (TPSA) is 115 Å². The second-order valence-electron chi connectivity index (χ2n) is 8.15. The number of ether oxygens (including phenoxy) is 1. The van der Waals surface area contributed by atoms with Crippen LogP contribution in [0.15, 0.2) is 41.3 Å². The SMILES string of the molecule is COCc1c(C(=O)N[C@@H](C)CCCC(C)(C)O)cnn1-c1nccc(-c2ccco2)n1. The van der Waals surface area contributed by atoms with E-state index in [0.717, 1.165) is 12.8 Å². The van der Waals surface area contributed by atoms with Crippen LogP contribution < -0.4 is 5.32 Å². The van der Waals surface area contributed by atoms with Crippen LogP contribution in [-0.2, 0) is 11.3 Å². The number of amides is 1. The smallest absolute Gasteiger partial charge is 0.255 e. The van der Waals surface area contributed by atoms with Crippen LogP contribution in [0.1, 0.15) is 56.1 Å². The van der Waals surface area contributed by atoms with Crippen LogP contribution in [0.3, 0.4) is 0 Å². The number of aromatic nitrogens is 4. The second kappa shape index (κ2) is 9.84. The van der Waals surface area contributed by atoms with Crippen molar-refractivity contribution in [3.63, 3.8) is 0 Å². The zero-order valence-corrected chi connectivity index (χ0v) is 18.3. The Balaban J connectivity index is 1.77. The molecule has 1 atom stereocenters. The molecule has 0 saturated heterocycles. The highest BCUT2D eigenvalue weighted by Gasteiger charge is 2.22. The molecule has 0 spiro atoms. The molecule has 9 nitrogen and oxygen atoms in total. The molecule has 3 aromatic heterocycles. The van der Waals surface area contributed by atoms with Crippen molar-refractivity contribution in [3.05, 3.63) is 48.1 Å². The van der Waals surface area contributed by atoms with Crippen LogP contribution in [0.5, 0.6) is 0 Å². The number of nitrogens with zero attached hydrogens (tertiary/aromatic N) is 4. The summed E-state index contributed by atoms with van der Waals surface area (Å²) in [4.78, 5) is 21.7. The van der Waals surface area contributed by atoms with Crippen LogP contribution in [-0.4, -0.2) is 49.5 Å². The summed E-state index contributed by atoms with van der Waals surface area (Å²) in [5, 5.41) is 17.2. The van der Waals surface area contributed by atoms with Gasteiger partial charge < -0.3 is 19.6 Å². The quantitative estimate of drug-likeness (QED) is 0.511. The molecule has 0 aromatic carbocycles. The Kier molecular flexibility index (Phi) is 7.19. The van der Waals surface area contributed by atoms with Gasteiger partial charge in [0.1, 0.15) is 5.69 Å². The molecule has 0 aliphatic rings. The minimum absolute atomic E-state index is 0.0490. The maximum absolute atomic E-state index is 12.9. The Morgan fingerprint density at radius 1 is 1.39 bits per heavy atom. The average Bonchev–Trinajstić information content (AvgIpc) is 3.38. The van der Waals surface area contributed by atoms with E-state index in [1.807, 2.05) is 13.0 Å². The molecule has 0 aliphatic carbocycles. The van der Waals surface area contributed by atoms with Crippen molar-refractivity contribution in [2.75, 3.05) is 7.11 Å². The third-order valence-electron chi connectivity index (χ3n) is 4.80. The highest BCUT2D eigenvalue weighted by atomic mass is 16.5. The molecule has 2 N–H and O–H groups in total. The lowest BCUT2D eigenvalue weighted by Crippen LogP contribution is -2.33. The predicted octanol–water partition coefficient (Wildman–Crippen LogP) is 3.13. The fourth-order valence-electron chi connectivity index (χ4n) is 3.24. The van der Waals surface area contributed by atoms with E-state index in [2.05, 4.69) is 20.4 Å². The fraction of sp³-hybridized carbons (Fsp3) is 0.455. The molecule has 0 fully saturated rings. The zero-order chi connectivity index (χ0) is 22.4. The monoisotopic (exact) mass is 427 g/mol. The van der Waals surface area contributed by atoms with Crippen molar-refractivity contribution in [1.29, 1.82) is 0 Å². The number of hydrogen-bond acceptors (Lipinski definition) is 7. The van der Waals surface area contributed by atoms with Gasteiger partial charge in [-0.05, 0) is 58.2 Å². The Hall–Kier alpha value is -3.04. The first kappa shape index (κ1) is 22.6. The Morgan fingerprint density at radius 2 is 2.19 bits per heavy atom. The molecule has 1 amide bonds. The first-order valence-electron chi connectivity index (χ1n) is 10.2. The summed E-state index contributed by atoms with van der Waals surface area (Å²) >= 11 is 0. The lowest BCUT2D eigenvalue weighted by atomic mass is 9.99. The van der Waals surface area contributed by atoms with E-state index < -0.39 is 5.60 Å². The minimum Gasteiger partial charge on any atom is -0.463 e. The largest absolute Gasteiger partial charge is 0.463 e. The van der Waals surface area contributed by atoms with Crippen molar-refractivity contribution in [2.45, 2.75) is 58.3 Å². The third-order valence-corrected chi connectivity index (χ3v) is 4.80. The van der Waals surface area contributed by atoms with Crippen LogP contribution in [0.4, 0.5) is 0 Å². The van der Waals surface area contributed by atoms with E-state index >= 15 is 0 Å². The molecule has 0 unspecified atom stereocenters. The molecular weight excluding hydrogens is 398 g/mol. The summed E-state index contributed by atoms with van der Waals surface area (Å²) < 4.78 is 12.2. The van der Waals surface area contributed by atoms with Crippen molar-refractivity contribution in [3.8, 4) is 17.4 Å². The second-order valence-corrected chi connectivity index (χ2v) is 8.15. The highest BCUT2D eigenvalue weighted by molar-refractivity contribution is 5.95. The van der Waals surface area contributed by atoms with Gasteiger partial charge in [-0.1, -0.05) is 0 Å². The molecule has 0 saturated carbocycles. The number of aliphatic hydroxyl groups is 1. The molecule has 166 valence electrons. The van der Waals surface area contributed by atoms with Crippen LogP contribution in [0.2, 0.25) is 0 Å². The minimum atomic E-state index is -0.708. The van der Waals surface area contributed by atoms with Gasteiger partial charge in [0.2, 0.25) is 0 Å². The Labute approximate surface area is 181 Å². The van der Waals surface area contributed by atoms with Gasteiger partial charge in [-0.2, -0.15) is 9.78 Å². The van der Waals surface area contributed by atoms with Gasteiger partial charge in [0.25, 0.3) is 11.9 Å². The van der Waals surface area contributed by atoms with Crippen molar-refractivity contribution in [2.24, 2.45) is 0 Å². The number of hydrogen-bond donors (Lipinski definition) is 2. The summed E-state index contributed by atoms with van der Waals surface area (Å²) in [6.07, 6.45) is 6.93. The number of carbonyl (C=O) groups excluding carboxylic acids is 1. The lowest BCUT2D eigenvalue weighted by Gasteiger charge is -2.19. The first-order chi connectivity index (χ1) is 14.8. The van der Waals surface area contributed by atoms with Gasteiger partial charge in [-0.3, -0.25) is 4.79 Å². The molecule has 0 bridgehead atoms. The van der Waals surface area contributed by atoms with Gasteiger partial charge in [0.15, 0.2) is 5.76 Å². The maximum atomic E-state index is 12.9. The van der Waals surface area contributed by atoms with E-state index in [1.165, 1.54) is 10.9 Å². The van der Waals surface area contributed by atoms with E-state index in [1.54, 1.807) is 45.6 Å². The van der Waals surface area contributed by atoms with Crippen molar-refractivity contribution >= 4 is 5.91 Å². The Morgan fingerprint density at radius 3 is 2.87 bits per heavy atom. The zero-order valence-electron chi connectivity index (χ0n) is 18.3. The summed E-state index contributed by atoms with van der Waals surface area (Å²) in [5.41, 5.74) is 0.865. The van der Waals surface area contributed by atoms with Gasteiger partial charge >= 0.3 is 0 Å². The van der Waals surface area contributed by atoms with Gasteiger partial charge in [0, 0.05) is 19.3 Å². The summed E-state index contributed by atoms with van der Waals surface area (Å²) in [5.74, 6) is 0.691.